The number of isocyanates is 2. The summed E-state index contributed by atoms with van der Waals surface area (Å²) in [6, 6.07) is 0. The molecule has 0 aliphatic carbocycles. The lowest BCUT2D eigenvalue weighted by atomic mass is 10.1. The first kappa shape index (κ1) is 24.9. The molecule has 0 aromatic heterocycles. The molecule has 8 nitrogen and oxygen atoms in total. The van der Waals surface area contributed by atoms with E-state index in [0.29, 0.717) is 12.8 Å². The number of rotatable bonds is 14. The predicted octanol–water partition coefficient (Wildman–Crippen LogP) is 2.75. The Bertz CT molecular complexity index is 623. The Morgan fingerprint density at radius 2 is 1.18 bits per heavy atom. The summed E-state index contributed by atoms with van der Waals surface area (Å²) < 4.78 is 10.0. The molecule has 0 atom stereocenters. The fraction of sp³-hybridized carbons (Fsp3) is 0.500. The third-order valence-electron chi connectivity index (χ3n) is 3.67. The summed E-state index contributed by atoms with van der Waals surface area (Å²) in [5.41, 5.74) is 2.02. The molecule has 0 heterocycles. The van der Waals surface area contributed by atoms with E-state index in [2.05, 4.69) is 9.98 Å². The molecule has 0 amide bonds. The smallest absolute Gasteiger partial charge is 0.331 e. The van der Waals surface area contributed by atoms with Crippen LogP contribution < -0.4 is 0 Å². The zero-order chi connectivity index (χ0) is 21.0. The third-order valence-corrected chi connectivity index (χ3v) is 3.67. The summed E-state index contributed by atoms with van der Waals surface area (Å²) >= 11 is 0. The molecule has 8 heteroatoms. The van der Waals surface area contributed by atoms with Crippen molar-refractivity contribution in [1.29, 1.82) is 0 Å². The maximum Gasteiger partial charge on any atom is 0.331 e. The highest BCUT2D eigenvalue weighted by Crippen LogP contribution is 2.07. The Morgan fingerprint density at radius 1 is 0.786 bits per heavy atom. The van der Waals surface area contributed by atoms with E-state index in [0.717, 1.165) is 36.1 Å². The van der Waals surface area contributed by atoms with Gasteiger partial charge in [-0.3, -0.25) is 0 Å². The molecule has 0 bridgehead atoms. The van der Waals surface area contributed by atoms with Crippen LogP contribution in [0.25, 0.3) is 0 Å². The van der Waals surface area contributed by atoms with E-state index in [-0.39, 0.29) is 26.3 Å². The Labute approximate surface area is 164 Å². The van der Waals surface area contributed by atoms with Gasteiger partial charge in [-0.25, -0.2) is 29.2 Å². The van der Waals surface area contributed by atoms with Crippen LogP contribution in [-0.4, -0.2) is 50.4 Å². The Balaban J connectivity index is 4.17. The van der Waals surface area contributed by atoms with Gasteiger partial charge in [0.1, 0.15) is 0 Å². The van der Waals surface area contributed by atoms with E-state index >= 15 is 0 Å². The molecule has 0 aliphatic rings. The summed E-state index contributed by atoms with van der Waals surface area (Å²) in [4.78, 5) is 50.1. The van der Waals surface area contributed by atoms with Gasteiger partial charge in [-0.15, -0.1) is 0 Å². The van der Waals surface area contributed by atoms with Crippen molar-refractivity contribution in [3.8, 4) is 0 Å². The molecule has 0 N–H and O–H groups in total. The zero-order valence-electron chi connectivity index (χ0n) is 16.3. The van der Waals surface area contributed by atoms with E-state index in [9.17, 15) is 19.2 Å². The van der Waals surface area contributed by atoms with Gasteiger partial charge in [0.25, 0.3) is 0 Å². The number of nitrogens with zero attached hydrogens (tertiary/aromatic N) is 2. The molecule has 0 unspecified atom stereocenters. The zero-order valence-corrected chi connectivity index (χ0v) is 16.3. The molecule has 0 aromatic carbocycles. The minimum Gasteiger partial charge on any atom is -0.462 e. The SMILES string of the molecule is CC/C(=C\CN=C=O)CCOC(=O)/C=C/C(=O)OCC/C(=C/CN=C=O)CC. The van der Waals surface area contributed by atoms with Crippen LogP contribution in [0.5, 0.6) is 0 Å². The first-order chi connectivity index (χ1) is 13.6. The summed E-state index contributed by atoms with van der Waals surface area (Å²) in [6.45, 7) is 4.73. The number of ether oxygens (including phenoxy) is 2. The highest BCUT2D eigenvalue weighted by Gasteiger charge is 2.03. The second-order valence-electron chi connectivity index (χ2n) is 5.46. The minimum atomic E-state index is -0.640. The number of aliphatic imine (C=N–C) groups is 2. The predicted molar refractivity (Wildman–Crippen MR) is 103 cm³/mol. The quantitative estimate of drug-likeness (QED) is 0.148. The van der Waals surface area contributed by atoms with Crippen molar-refractivity contribution < 1.29 is 28.7 Å². The van der Waals surface area contributed by atoms with Crippen molar-refractivity contribution in [2.45, 2.75) is 39.5 Å². The lowest BCUT2D eigenvalue weighted by Crippen LogP contribution is -2.07. The number of esters is 2. The second-order valence-corrected chi connectivity index (χ2v) is 5.46. The summed E-state index contributed by atoms with van der Waals surface area (Å²) in [7, 11) is 0. The second kappa shape index (κ2) is 17.3. The topological polar surface area (TPSA) is 111 Å². The van der Waals surface area contributed by atoms with Crippen LogP contribution in [0, 0.1) is 0 Å². The highest BCUT2D eigenvalue weighted by atomic mass is 16.5. The molecule has 152 valence electrons. The summed E-state index contributed by atoms with van der Waals surface area (Å²) in [5, 5.41) is 0. The average molecular weight is 390 g/mol. The fourth-order valence-electron chi connectivity index (χ4n) is 2.07. The van der Waals surface area contributed by atoms with Crippen LogP contribution in [0.3, 0.4) is 0 Å². The molecule has 0 aromatic rings. The van der Waals surface area contributed by atoms with Gasteiger partial charge in [0.15, 0.2) is 0 Å². The molecule has 28 heavy (non-hydrogen) atoms. The summed E-state index contributed by atoms with van der Waals surface area (Å²) in [6.07, 6.45) is 11.1. The van der Waals surface area contributed by atoms with Gasteiger partial charge in [-0.05, 0) is 12.8 Å². The van der Waals surface area contributed by atoms with Gasteiger partial charge in [0.05, 0.1) is 26.3 Å². The van der Waals surface area contributed by atoms with Crippen molar-refractivity contribution in [3.63, 3.8) is 0 Å². The fourth-order valence-corrected chi connectivity index (χ4v) is 2.07. The molecular weight excluding hydrogens is 364 g/mol. The highest BCUT2D eigenvalue weighted by molar-refractivity contribution is 5.91. The lowest BCUT2D eigenvalue weighted by Gasteiger charge is -2.05. The van der Waals surface area contributed by atoms with Crippen molar-refractivity contribution in [2.24, 2.45) is 9.98 Å². The maximum absolute atomic E-state index is 11.6. The van der Waals surface area contributed by atoms with Crippen LogP contribution >= 0.6 is 0 Å². The standard InChI is InChI=1S/C20H26N2O6/c1-3-17(7-11-21-15-23)9-13-27-19(25)5-6-20(26)28-14-10-18(4-2)8-12-22-16-24/h5-8H,3-4,9-14H2,1-2H3/b6-5+,17-7+,18-8+. The summed E-state index contributed by atoms with van der Waals surface area (Å²) in [5.74, 6) is -1.28. The third kappa shape index (κ3) is 14.1. The van der Waals surface area contributed by atoms with Gasteiger partial charge in [-0.2, -0.15) is 0 Å². The van der Waals surface area contributed by atoms with Crippen LogP contribution in [0.4, 0.5) is 0 Å². The van der Waals surface area contributed by atoms with E-state index in [4.69, 9.17) is 9.47 Å². The van der Waals surface area contributed by atoms with Gasteiger partial charge in [-0.1, -0.05) is 37.1 Å². The van der Waals surface area contributed by atoms with Gasteiger partial charge in [0, 0.05) is 25.0 Å². The Hall–Kier alpha value is -3.08. The van der Waals surface area contributed by atoms with Crippen molar-refractivity contribution in [3.05, 3.63) is 35.5 Å². The van der Waals surface area contributed by atoms with Crippen molar-refractivity contribution in [1.82, 2.24) is 0 Å². The number of carbonyl (C=O) groups is 2. The maximum atomic E-state index is 11.6. The lowest BCUT2D eigenvalue weighted by molar-refractivity contribution is -0.140. The van der Waals surface area contributed by atoms with Crippen molar-refractivity contribution >= 4 is 24.1 Å². The average Bonchev–Trinajstić information content (AvgIpc) is 2.70. The van der Waals surface area contributed by atoms with Crippen LogP contribution in [-0.2, 0) is 28.7 Å². The minimum absolute atomic E-state index is 0.163. The molecular formula is C20H26N2O6. The van der Waals surface area contributed by atoms with E-state index in [1.807, 2.05) is 13.8 Å². The first-order valence-electron chi connectivity index (χ1n) is 9.01. The number of hydrogen-bond donors (Lipinski definition) is 0. The van der Waals surface area contributed by atoms with Gasteiger partial charge in [0.2, 0.25) is 12.2 Å². The van der Waals surface area contributed by atoms with Gasteiger partial charge >= 0.3 is 11.9 Å². The van der Waals surface area contributed by atoms with Crippen molar-refractivity contribution in [2.75, 3.05) is 26.3 Å². The normalized spacial score (nSPS) is 11.5. The molecule has 0 rings (SSSR count). The molecule has 0 aliphatic heterocycles. The van der Waals surface area contributed by atoms with Crippen LogP contribution in [0.15, 0.2) is 45.4 Å². The van der Waals surface area contributed by atoms with E-state index in [1.165, 1.54) is 12.2 Å². The molecule has 0 saturated heterocycles. The molecule has 0 radical (unpaired) electrons. The monoisotopic (exact) mass is 390 g/mol. The molecule has 0 fully saturated rings. The van der Waals surface area contributed by atoms with Crippen LogP contribution in [0.1, 0.15) is 39.5 Å². The Morgan fingerprint density at radius 3 is 1.50 bits per heavy atom. The first-order valence-corrected chi connectivity index (χ1v) is 9.01. The number of carbonyl (C=O) groups excluding carboxylic acids is 4. The van der Waals surface area contributed by atoms with E-state index in [1.54, 1.807) is 12.2 Å². The largest absolute Gasteiger partial charge is 0.462 e. The number of hydrogen-bond acceptors (Lipinski definition) is 8. The molecule has 0 spiro atoms. The van der Waals surface area contributed by atoms with Gasteiger partial charge < -0.3 is 9.47 Å². The van der Waals surface area contributed by atoms with E-state index < -0.39 is 11.9 Å². The van der Waals surface area contributed by atoms with Crippen LogP contribution in [0.2, 0.25) is 0 Å². The Kier molecular flexibility index (Phi) is 15.4. The molecule has 0 saturated carbocycles.